The summed E-state index contributed by atoms with van der Waals surface area (Å²) in [6.07, 6.45) is 7.15. The normalized spacial score (nSPS) is 35.4. The van der Waals surface area contributed by atoms with Gasteiger partial charge in [-0.3, -0.25) is 4.79 Å². The zero-order chi connectivity index (χ0) is 11.7. The van der Waals surface area contributed by atoms with Gasteiger partial charge in [0, 0.05) is 19.5 Å². The number of amides is 1. The zero-order valence-electron chi connectivity index (χ0n) is 9.93. The number of carbonyl (C=O) groups excluding carboxylic acids is 2. The average Bonchev–Trinajstić information content (AvgIpc) is 2.87. The monoisotopic (exact) mass is 221 g/mol. The number of fused-ring (bicyclic) bond motifs is 2. The fourth-order valence-corrected chi connectivity index (χ4v) is 3.09. The van der Waals surface area contributed by atoms with Crippen molar-refractivity contribution in [1.29, 1.82) is 0 Å². The maximum atomic E-state index is 12.2. The Morgan fingerprint density at radius 2 is 2.12 bits per heavy atom. The van der Waals surface area contributed by atoms with Crippen molar-refractivity contribution in [3.05, 3.63) is 12.2 Å². The van der Waals surface area contributed by atoms with Crippen LogP contribution < -0.4 is 0 Å². The molecule has 88 valence electrons. The topological polar surface area (TPSA) is 37.4 Å². The van der Waals surface area contributed by atoms with E-state index in [1.807, 2.05) is 7.05 Å². The number of aldehydes is 1. The Kier molecular flexibility index (Phi) is 3.13. The van der Waals surface area contributed by atoms with Crippen LogP contribution in [0.1, 0.15) is 19.8 Å². The van der Waals surface area contributed by atoms with Crippen molar-refractivity contribution < 1.29 is 9.59 Å². The highest BCUT2D eigenvalue weighted by Gasteiger charge is 2.48. The maximum Gasteiger partial charge on any atom is 0.226 e. The van der Waals surface area contributed by atoms with Crippen molar-refractivity contribution in [2.75, 3.05) is 13.6 Å². The lowest BCUT2D eigenvalue weighted by Gasteiger charge is -2.27. The van der Waals surface area contributed by atoms with Gasteiger partial charge in [0.1, 0.15) is 6.29 Å². The van der Waals surface area contributed by atoms with Crippen LogP contribution >= 0.6 is 0 Å². The Balaban J connectivity index is 2.11. The number of hydrogen-bond donors (Lipinski definition) is 0. The molecule has 2 aliphatic rings. The fourth-order valence-electron chi connectivity index (χ4n) is 3.09. The summed E-state index contributed by atoms with van der Waals surface area (Å²) in [6.45, 7) is 2.84. The van der Waals surface area contributed by atoms with Gasteiger partial charge in [-0.15, -0.1) is 0 Å². The number of rotatable bonds is 4. The summed E-state index contributed by atoms with van der Waals surface area (Å²) < 4.78 is 0. The third kappa shape index (κ3) is 1.68. The summed E-state index contributed by atoms with van der Waals surface area (Å²) >= 11 is 0. The Morgan fingerprint density at radius 3 is 2.75 bits per heavy atom. The molecule has 2 bridgehead atoms. The SMILES string of the molecule is CCCN(C)C(=O)C1C2C=CC(C2)C1C=O. The van der Waals surface area contributed by atoms with Gasteiger partial charge in [-0.1, -0.05) is 19.1 Å². The first-order valence-corrected chi connectivity index (χ1v) is 6.07. The predicted molar refractivity (Wildman–Crippen MR) is 61.7 cm³/mol. The van der Waals surface area contributed by atoms with Crippen LogP contribution in [0.2, 0.25) is 0 Å². The lowest BCUT2D eigenvalue weighted by Crippen LogP contribution is -2.39. The first-order chi connectivity index (χ1) is 7.69. The summed E-state index contributed by atoms with van der Waals surface area (Å²) in [4.78, 5) is 25.1. The van der Waals surface area contributed by atoms with Crippen molar-refractivity contribution in [3.8, 4) is 0 Å². The van der Waals surface area contributed by atoms with Crippen LogP contribution in [0.15, 0.2) is 12.2 Å². The molecule has 1 amide bonds. The quantitative estimate of drug-likeness (QED) is 0.533. The Hall–Kier alpha value is -1.12. The Bertz CT molecular complexity index is 324. The van der Waals surface area contributed by atoms with Crippen LogP contribution in [0.25, 0.3) is 0 Å². The van der Waals surface area contributed by atoms with Crippen LogP contribution in [0.5, 0.6) is 0 Å². The van der Waals surface area contributed by atoms with Gasteiger partial charge in [0.15, 0.2) is 0 Å². The first-order valence-electron chi connectivity index (χ1n) is 6.07. The molecule has 0 aliphatic heterocycles. The number of carbonyl (C=O) groups is 2. The highest BCUT2D eigenvalue weighted by Crippen LogP contribution is 2.47. The molecule has 0 aromatic rings. The van der Waals surface area contributed by atoms with Crippen LogP contribution in [-0.2, 0) is 9.59 Å². The summed E-state index contributed by atoms with van der Waals surface area (Å²) in [6, 6.07) is 0. The van der Waals surface area contributed by atoms with Crippen LogP contribution in [0.4, 0.5) is 0 Å². The molecule has 16 heavy (non-hydrogen) atoms. The van der Waals surface area contributed by atoms with Crippen molar-refractivity contribution in [1.82, 2.24) is 4.90 Å². The molecule has 0 spiro atoms. The molecular formula is C13H19NO2. The maximum absolute atomic E-state index is 12.2. The van der Waals surface area contributed by atoms with Gasteiger partial charge in [-0.2, -0.15) is 0 Å². The third-order valence-corrected chi connectivity index (χ3v) is 3.90. The van der Waals surface area contributed by atoms with Crippen molar-refractivity contribution in [2.45, 2.75) is 19.8 Å². The molecule has 3 nitrogen and oxygen atoms in total. The minimum atomic E-state index is -0.0935. The van der Waals surface area contributed by atoms with E-state index in [1.54, 1.807) is 4.90 Å². The van der Waals surface area contributed by atoms with Crippen molar-refractivity contribution in [2.24, 2.45) is 23.7 Å². The zero-order valence-corrected chi connectivity index (χ0v) is 9.93. The van der Waals surface area contributed by atoms with Crippen LogP contribution in [-0.4, -0.2) is 30.7 Å². The second-order valence-corrected chi connectivity index (χ2v) is 4.95. The van der Waals surface area contributed by atoms with Crippen molar-refractivity contribution in [3.63, 3.8) is 0 Å². The average molecular weight is 221 g/mol. The van der Waals surface area contributed by atoms with E-state index in [2.05, 4.69) is 19.1 Å². The van der Waals surface area contributed by atoms with E-state index in [1.165, 1.54) is 0 Å². The van der Waals surface area contributed by atoms with E-state index < -0.39 is 0 Å². The third-order valence-electron chi connectivity index (χ3n) is 3.90. The highest BCUT2D eigenvalue weighted by molar-refractivity contribution is 5.83. The molecule has 1 fully saturated rings. The molecule has 0 N–H and O–H groups in total. The smallest absolute Gasteiger partial charge is 0.226 e. The van der Waals surface area contributed by atoms with Gasteiger partial charge in [0.2, 0.25) is 5.91 Å². The summed E-state index contributed by atoms with van der Waals surface area (Å²) in [7, 11) is 1.84. The molecule has 3 heteroatoms. The Labute approximate surface area is 96.5 Å². The van der Waals surface area contributed by atoms with Crippen molar-refractivity contribution >= 4 is 12.2 Å². The van der Waals surface area contributed by atoms with E-state index in [4.69, 9.17) is 0 Å². The van der Waals surface area contributed by atoms with E-state index in [0.29, 0.717) is 11.8 Å². The number of hydrogen-bond acceptors (Lipinski definition) is 2. The molecule has 0 radical (unpaired) electrons. The largest absolute Gasteiger partial charge is 0.345 e. The second-order valence-electron chi connectivity index (χ2n) is 4.95. The molecule has 1 saturated carbocycles. The van der Waals surface area contributed by atoms with Crippen LogP contribution in [0, 0.1) is 23.7 Å². The van der Waals surface area contributed by atoms with Gasteiger partial charge in [-0.05, 0) is 24.7 Å². The standard InChI is InChI=1S/C13H19NO2/c1-3-6-14(2)13(16)12-10-5-4-9(7-10)11(12)8-15/h4-5,8-12H,3,6-7H2,1-2H3. The van der Waals surface area contributed by atoms with Gasteiger partial charge in [0.05, 0.1) is 5.92 Å². The lowest BCUT2D eigenvalue weighted by atomic mass is 9.83. The number of nitrogens with zero attached hydrogens (tertiary/aromatic N) is 1. The molecule has 0 saturated heterocycles. The van der Waals surface area contributed by atoms with E-state index in [0.717, 1.165) is 25.7 Å². The lowest BCUT2D eigenvalue weighted by molar-refractivity contribution is -0.138. The summed E-state index contributed by atoms with van der Waals surface area (Å²) in [5.74, 6) is 0.583. The molecule has 0 heterocycles. The summed E-state index contributed by atoms with van der Waals surface area (Å²) in [5.41, 5.74) is 0. The molecule has 4 unspecified atom stereocenters. The minimum Gasteiger partial charge on any atom is -0.345 e. The van der Waals surface area contributed by atoms with Gasteiger partial charge in [0.25, 0.3) is 0 Å². The van der Waals surface area contributed by atoms with Gasteiger partial charge < -0.3 is 9.69 Å². The Morgan fingerprint density at radius 1 is 1.44 bits per heavy atom. The van der Waals surface area contributed by atoms with Gasteiger partial charge >= 0.3 is 0 Å². The summed E-state index contributed by atoms with van der Waals surface area (Å²) in [5, 5.41) is 0. The highest BCUT2D eigenvalue weighted by atomic mass is 16.2. The minimum absolute atomic E-state index is 0.0817. The first kappa shape index (κ1) is 11.4. The second kappa shape index (κ2) is 4.40. The molecule has 2 aliphatic carbocycles. The molecule has 0 aromatic carbocycles. The van der Waals surface area contributed by atoms with E-state index in [-0.39, 0.29) is 17.7 Å². The molecule has 0 aromatic heterocycles. The molecule has 4 atom stereocenters. The van der Waals surface area contributed by atoms with Crippen LogP contribution in [0.3, 0.4) is 0 Å². The molecular weight excluding hydrogens is 202 g/mol. The molecule has 2 rings (SSSR count). The predicted octanol–water partition coefficient (Wildman–Crippen LogP) is 1.49. The number of allylic oxidation sites excluding steroid dienone is 2. The van der Waals surface area contributed by atoms with Gasteiger partial charge in [-0.25, -0.2) is 0 Å². The fraction of sp³-hybridized carbons (Fsp3) is 0.692. The van der Waals surface area contributed by atoms with E-state index >= 15 is 0 Å². The van der Waals surface area contributed by atoms with E-state index in [9.17, 15) is 9.59 Å².